The molecule has 0 saturated heterocycles. The van der Waals surface area contributed by atoms with Gasteiger partial charge < -0.3 is 4.57 Å². The Kier molecular flexibility index (Phi) is 4.13. The van der Waals surface area contributed by atoms with Gasteiger partial charge in [-0.3, -0.25) is 9.36 Å². The molecule has 4 rings (SSSR count). The average molecular weight is 364 g/mol. The lowest BCUT2D eigenvalue weighted by molar-refractivity contribution is 0.860. The highest BCUT2D eigenvalue weighted by Crippen LogP contribution is 2.29. The molecule has 0 N–H and O–H groups in total. The normalized spacial score (nSPS) is 11.2. The lowest BCUT2D eigenvalue weighted by atomic mass is 10.1. The molecule has 0 spiro atoms. The molecule has 130 valence electrons. The number of benzene rings is 2. The van der Waals surface area contributed by atoms with Crippen LogP contribution in [-0.4, -0.2) is 14.1 Å². The Hall–Kier alpha value is -2.85. The molecule has 0 fully saturated rings. The van der Waals surface area contributed by atoms with Crippen LogP contribution in [0.4, 0.5) is 0 Å². The van der Waals surface area contributed by atoms with Crippen molar-refractivity contribution in [1.82, 2.24) is 14.1 Å². The highest BCUT2D eigenvalue weighted by atomic mass is 35.5. The van der Waals surface area contributed by atoms with Crippen molar-refractivity contribution >= 4 is 22.6 Å². The van der Waals surface area contributed by atoms with Gasteiger partial charge in [0.25, 0.3) is 5.56 Å². The highest BCUT2D eigenvalue weighted by Gasteiger charge is 2.15. The van der Waals surface area contributed by atoms with Crippen LogP contribution in [0.1, 0.15) is 12.5 Å². The molecule has 2 aromatic heterocycles. The van der Waals surface area contributed by atoms with Crippen LogP contribution in [0.15, 0.2) is 65.6 Å². The number of rotatable bonds is 3. The summed E-state index contributed by atoms with van der Waals surface area (Å²) < 4.78 is 3.63. The lowest BCUT2D eigenvalue weighted by Gasteiger charge is -2.10. The molecule has 0 bridgehead atoms. The third kappa shape index (κ3) is 2.82. The maximum absolute atomic E-state index is 12.1. The third-order valence-corrected chi connectivity index (χ3v) is 4.83. The quantitative estimate of drug-likeness (QED) is 0.533. The predicted molar refractivity (Wildman–Crippen MR) is 106 cm³/mol. The fourth-order valence-corrected chi connectivity index (χ4v) is 3.20. The van der Waals surface area contributed by atoms with Crippen LogP contribution in [0.2, 0.25) is 5.02 Å². The summed E-state index contributed by atoms with van der Waals surface area (Å²) in [4.78, 5) is 16.9. The van der Waals surface area contributed by atoms with E-state index < -0.39 is 0 Å². The van der Waals surface area contributed by atoms with Gasteiger partial charge in [-0.05, 0) is 54.4 Å². The van der Waals surface area contributed by atoms with E-state index in [4.69, 9.17) is 16.6 Å². The van der Waals surface area contributed by atoms with Crippen LogP contribution in [0, 0.1) is 0 Å². The molecule has 0 radical (unpaired) electrons. The van der Waals surface area contributed by atoms with Gasteiger partial charge >= 0.3 is 0 Å². The second-order valence-corrected chi connectivity index (χ2v) is 6.72. The van der Waals surface area contributed by atoms with Gasteiger partial charge in [-0.2, -0.15) is 0 Å². The molecule has 0 unspecified atom stereocenters. The molecule has 2 heterocycles. The largest absolute Gasteiger partial charge is 0.319 e. The van der Waals surface area contributed by atoms with Crippen molar-refractivity contribution in [3.63, 3.8) is 0 Å². The second-order valence-electron chi connectivity index (χ2n) is 6.29. The topological polar surface area (TPSA) is 39.8 Å². The number of pyridine rings is 1. The number of hydrogen-bond acceptors (Lipinski definition) is 2. The Morgan fingerprint density at radius 1 is 1.04 bits per heavy atom. The summed E-state index contributed by atoms with van der Waals surface area (Å²) in [6.07, 6.45) is 2.71. The van der Waals surface area contributed by atoms with E-state index >= 15 is 0 Å². The van der Waals surface area contributed by atoms with E-state index in [1.807, 2.05) is 36.4 Å². The Bertz CT molecular complexity index is 1160. The zero-order valence-corrected chi connectivity index (χ0v) is 15.4. The van der Waals surface area contributed by atoms with Gasteiger partial charge in [0.2, 0.25) is 0 Å². The van der Waals surface area contributed by atoms with E-state index in [1.165, 1.54) is 5.56 Å². The van der Waals surface area contributed by atoms with Crippen molar-refractivity contribution in [2.75, 3.05) is 0 Å². The molecule has 0 aliphatic heterocycles. The summed E-state index contributed by atoms with van der Waals surface area (Å²) in [5.74, 6) is 0.744. The van der Waals surface area contributed by atoms with Crippen molar-refractivity contribution in [1.29, 1.82) is 0 Å². The first-order valence-electron chi connectivity index (χ1n) is 8.51. The van der Waals surface area contributed by atoms with E-state index in [-0.39, 0.29) is 5.56 Å². The van der Waals surface area contributed by atoms with Crippen LogP contribution < -0.4 is 5.56 Å². The summed E-state index contributed by atoms with van der Waals surface area (Å²) in [5, 5.41) is 0.683. The number of aryl methyl sites for hydroxylation is 2. The summed E-state index contributed by atoms with van der Waals surface area (Å²) in [6.45, 7) is 2.13. The third-order valence-electron chi connectivity index (χ3n) is 4.57. The van der Waals surface area contributed by atoms with Crippen LogP contribution in [-0.2, 0) is 13.5 Å². The first-order valence-corrected chi connectivity index (χ1v) is 8.89. The fraction of sp³-hybridized carbons (Fsp3) is 0.143. The molecule has 26 heavy (non-hydrogen) atoms. The first-order chi connectivity index (χ1) is 12.6. The van der Waals surface area contributed by atoms with Crippen LogP contribution in [0.5, 0.6) is 0 Å². The van der Waals surface area contributed by atoms with Gasteiger partial charge in [0.05, 0.1) is 11.0 Å². The number of aromatic nitrogens is 3. The van der Waals surface area contributed by atoms with E-state index in [9.17, 15) is 4.79 Å². The maximum Gasteiger partial charge on any atom is 0.250 e. The standard InChI is InChI=1S/C21H18ClN3O/c1-3-14-4-9-18-19(12-14)25(17-7-5-16(22)6-8-17)21(23-18)15-10-11-24(2)20(26)13-15/h4-13H,3H2,1-2H3. The predicted octanol–water partition coefficient (Wildman–Crippen LogP) is 4.61. The molecule has 5 heteroatoms. The minimum Gasteiger partial charge on any atom is -0.319 e. The number of hydrogen-bond donors (Lipinski definition) is 0. The van der Waals surface area contributed by atoms with E-state index in [1.54, 1.807) is 23.9 Å². The number of fused-ring (bicyclic) bond motifs is 1. The van der Waals surface area contributed by atoms with Crippen molar-refractivity contribution in [3.05, 3.63) is 81.7 Å². The van der Waals surface area contributed by atoms with Gasteiger partial charge in [0.1, 0.15) is 5.82 Å². The Balaban J connectivity index is 2.05. The van der Waals surface area contributed by atoms with Crippen molar-refractivity contribution in [2.24, 2.45) is 7.05 Å². The summed E-state index contributed by atoms with van der Waals surface area (Å²) in [6, 6.07) is 17.5. The van der Waals surface area contributed by atoms with Crippen molar-refractivity contribution in [2.45, 2.75) is 13.3 Å². The summed E-state index contributed by atoms with van der Waals surface area (Å²) in [5.41, 5.74) is 4.84. The Labute approximate surface area is 156 Å². The van der Waals surface area contributed by atoms with Gasteiger partial charge in [0.15, 0.2) is 0 Å². The zero-order chi connectivity index (χ0) is 18.3. The molecule has 0 aliphatic rings. The maximum atomic E-state index is 12.1. The van der Waals surface area contributed by atoms with E-state index in [0.717, 1.165) is 34.5 Å². The average Bonchev–Trinajstić information content (AvgIpc) is 3.03. The smallest absolute Gasteiger partial charge is 0.250 e. The monoisotopic (exact) mass is 363 g/mol. The molecule has 0 saturated carbocycles. The molecule has 2 aromatic carbocycles. The Morgan fingerprint density at radius 3 is 2.50 bits per heavy atom. The molecular formula is C21H18ClN3O. The molecular weight excluding hydrogens is 346 g/mol. The molecule has 0 atom stereocenters. The fourth-order valence-electron chi connectivity index (χ4n) is 3.07. The molecule has 4 aromatic rings. The first kappa shape index (κ1) is 16.6. The van der Waals surface area contributed by atoms with Crippen LogP contribution in [0.25, 0.3) is 28.1 Å². The van der Waals surface area contributed by atoms with Crippen molar-refractivity contribution in [3.8, 4) is 17.1 Å². The highest BCUT2D eigenvalue weighted by molar-refractivity contribution is 6.30. The van der Waals surface area contributed by atoms with Gasteiger partial charge in [-0.25, -0.2) is 4.98 Å². The molecule has 0 aliphatic carbocycles. The van der Waals surface area contributed by atoms with Gasteiger partial charge in [-0.15, -0.1) is 0 Å². The zero-order valence-electron chi connectivity index (χ0n) is 14.6. The summed E-state index contributed by atoms with van der Waals surface area (Å²) >= 11 is 6.07. The summed E-state index contributed by atoms with van der Waals surface area (Å²) in [7, 11) is 1.74. The van der Waals surface area contributed by atoms with Gasteiger partial charge in [-0.1, -0.05) is 24.6 Å². The number of nitrogens with zero attached hydrogens (tertiary/aromatic N) is 3. The van der Waals surface area contributed by atoms with Crippen molar-refractivity contribution < 1.29 is 0 Å². The number of halogens is 1. The number of imidazole rings is 1. The van der Waals surface area contributed by atoms with E-state index in [2.05, 4.69) is 23.6 Å². The SMILES string of the molecule is CCc1ccc2nc(-c3ccn(C)c(=O)c3)n(-c3ccc(Cl)cc3)c2c1. The van der Waals surface area contributed by atoms with Crippen LogP contribution in [0.3, 0.4) is 0 Å². The van der Waals surface area contributed by atoms with Gasteiger partial charge in [0, 0.05) is 35.6 Å². The second kappa shape index (κ2) is 6.46. The molecule has 4 nitrogen and oxygen atoms in total. The van der Waals surface area contributed by atoms with Crippen LogP contribution >= 0.6 is 11.6 Å². The minimum absolute atomic E-state index is 0.0635. The Morgan fingerprint density at radius 2 is 1.81 bits per heavy atom. The van der Waals surface area contributed by atoms with E-state index in [0.29, 0.717) is 5.02 Å². The minimum atomic E-state index is -0.0635. The molecule has 0 amide bonds. The lowest BCUT2D eigenvalue weighted by Crippen LogP contribution is -2.14.